The van der Waals surface area contributed by atoms with Gasteiger partial charge in [-0.2, -0.15) is 0 Å². The Morgan fingerprint density at radius 3 is 2.20 bits per heavy atom. The number of thiocarbonyl (C=S) groups is 1. The SMILES string of the molecule is Cc1cc(C)cc(NC(=S)Nc2cc(C)ccc2F)c1. The van der Waals surface area contributed by atoms with Crippen molar-refractivity contribution in [3.8, 4) is 0 Å². The van der Waals surface area contributed by atoms with Crippen molar-refractivity contribution in [2.75, 3.05) is 10.6 Å². The minimum Gasteiger partial charge on any atom is -0.332 e. The normalized spacial score (nSPS) is 10.2. The molecule has 0 spiro atoms. The number of benzene rings is 2. The first-order valence-corrected chi connectivity index (χ1v) is 6.77. The molecule has 0 aliphatic heterocycles. The summed E-state index contributed by atoms with van der Waals surface area (Å²) in [6, 6.07) is 11.0. The molecule has 2 aromatic rings. The number of hydrogen-bond donors (Lipinski definition) is 2. The van der Waals surface area contributed by atoms with E-state index in [1.807, 2.05) is 32.9 Å². The summed E-state index contributed by atoms with van der Waals surface area (Å²) >= 11 is 5.22. The maximum Gasteiger partial charge on any atom is 0.175 e. The molecule has 0 heterocycles. The highest BCUT2D eigenvalue weighted by Gasteiger charge is 2.05. The first kappa shape index (κ1) is 14.5. The minimum absolute atomic E-state index is 0.319. The second kappa shape index (κ2) is 6.01. The molecule has 0 bridgehead atoms. The third kappa shape index (κ3) is 3.78. The third-order valence-electron chi connectivity index (χ3n) is 2.85. The van der Waals surface area contributed by atoms with Crippen molar-refractivity contribution in [1.29, 1.82) is 0 Å². The second-order valence-electron chi connectivity index (χ2n) is 4.94. The fraction of sp³-hybridized carbons (Fsp3) is 0.188. The molecule has 0 fully saturated rings. The maximum atomic E-state index is 13.6. The highest BCUT2D eigenvalue weighted by molar-refractivity contribution is 7.80. The summed E-state index contributed by atoms with van der Waals surface area (Å²) in [6.07, 6.45) is 0. The van der Waals surface area contributed by atoms with Gasteiger partial charge in [0.25, 0.3) is 0 Å². The van der Waals surface area contributed by atoms with Crippen LogP contribution < -0.4 is 10.6 Å². The minimum atomic E-state index is -0.319. The molecule has 4 heteroatoms. The van der Waals surface area contributed by atoms with Crippen LogP contribution in [0.5, 0.6) is 0 Å². The lowest BCUT2D eigenvalue weighted by Crippen LogP contribution is -2.20. The maximum absolute atomic E-state index is 13.6. The predicted octanol–water partition coefficient (Wildman–Crippen LogP) is 4.56. The van der Waals surface area contributed by atoms with Crippen molar-refractivity contribution in [2.45, 2.75) is 20.8 Å². The lowest BCUT2D eigenvalue weighted by Gasteiger charge is -2.13. The summed E-state index contributed by atoms with van der Waals surface area (Å²) in [5.41, 5.74) is 4.55. The molecule has 0 radical (unpaired) electrons. The van der Waals surface area contributed by atoms with Crippen molar-refractivity contribution in [3.05, 3.63) is 58.9 Å². The second-order valence-corrected chi connectivity index (χ2v) is 5.35. The van der Waals surface area contributed by atoms with Crippen molar-refractivity contribution >= 4 is 28.7 Å². The summed E-state index contributed by atoms with van der Waals surface area (Å²) in [5.74, 6) is -0.319. The van der Waals surface area contributed by atoms with E-state index in [1.165, 1.54) is 6.07 Å². The molecule has 0 saturated heterocycles. The van der Waals surface area contributed by atoms with Gasteiger partial charge in [0, 0.05) is 5.69 Å². The summed E-state index contributed by atoms with van der Waals surface area (Å²) in [6.45, 7) is 5.95. The van der Waals surface area contributed by atoms with Crippen LogP contribution in [0.3, 0.4) is 0 Å². The zero-order valence-corrected chi connectivity index (χ0v) is 12.6. The molecular weight excluding hydrogens is 271 g/mol. The van der Waals surface area contributed by atoms with Gasteiger partial charge < -0.3 is 10.6 Å². The van der Waals surface area contributed by atoms with Gasteiger partial charge in [0.1, 0.15) is 5.82 Å². The van der Waals surface area contributed by atoms with E-state index in [1.54, 1.807) is 12.1 Å². The van der Waals surface area contributed by atoms with E-state index in [-0.39, 0.29) is 5.82 Å². The summed E-state index contributed by atoms with van der Waals surface area (Å²) < 4.78 is 13.6. The quantitative estimate of drug-likeness (QED) is 0.792. The average Bonchev–Trinajstić information content (AvgIpc) is 2.32. The topological polar surface area (TPSA) is 24.1 Å². The number of anilines is 2. The van der Waals surface area contributed by atoms with Crippen LogP contribution in [0.4, 0.5) is 15.8 Å². The zero-order valence-electron chi connectivity index (χ0n) is 11.8. The van der Waals surface area contributed by atoms with Crippen LogP contribution in [-0.4, -0.2) is 5.11 Å². The molecule has 0 saturated carbocycles. The lowest BCUT2D eigenvalue weighted by molar-refractivity contribution is 0.632. The molecule has 20 heavy (non-hydrogen) atoms. The van der Waals surface area contributed by atoms with Gasteiger partial charge >= 0.3 is 0 Å². The highest BCUT2D eigenvalue weighted by Crippen LogP contribution is 2.17. The smallest absolute Gasteiger partial charge is 0.175 e. The van der Waals surface area contributed by atoms with Gasteiger partial charge in [-0.15, -0.1) is 0 Å². The molecule has 0 amide bonds. The van der Waals surface area contributed by atoms with E-state index in [4.69, 9.17) is 12.2 Å². The first-order chi connectivity index (χ1) is 9.44. The molecular formula is C16H17FN2S. The number of aryl methyl sites for hydroxylation is 3. The lowest BCUT2D eigenvalue weighted by atomic mass is 10.1. The Morgan fingerprint density at radius 1 is 0.900 bits per heavy atom. The van der Waals surface area contributed by atoms with Gasteiger partial charge in [0.2, 0.25) is 0 Å². The Hall–Kier alpha value is -1.94. The van der Waals surface area contributed by atoms with Crippen LogP contribution in [-0.2, 0) is 0 Å². The Balaban J connectivity index is 2.11. The Kier molecular flexibility index (Phi) is 4.35. The van der Waals surface area contributed by atoms with Crippen LogP contribution in [0, 0.1) is 26.6 Å². The van der Waals surface area contributed by atoms with Crippen molar-refractivity contribution in [1.82, 2.24) is 0 Å². The summed E-state index contributed by atoms with van der Waals surface area (Å²) in [5, 5.41) is 6.33. The molecule has 0 atom stereocenters. The standard InChI is InChI=1S/C16H17FN2S/c1-10-4-5-14(17)15(9-10)19-16(20)18-13-7-11(2)6-12(3)8-13/h4-9H,1-3H3,(H2,18,19,20). The third-order valence-corrected chi connectivity index (χ3v) is 3.05. The zero-order chi connectivity index (χ0) is 14.7. The van der Waals surface area contributed by atoms with E-state index in [0.29, 0.717) is 10.8 Å². The largest absolute Gasteiger partial charge is 0.332 e. The number of hydrogen-bond acceptors (Lipinski definition) is 1. The van der Waals surface area contributed by atoms with Gasteiger partial charge in [-0.1, -0.05) is 12.1 Å². The molecule has 0 aliphatic carbocycles. The first-order valence-electron chi connectivity index (χ1n) is 6.36. The van der Waals surface area contributed by atoms with Crippen LogP contribution in [0.25, 0.3) is 0 Å². The molecule has 104 valence electrons. The van der Waals surface area contributed by atoms with Crippen molar-refractivity contribution < 1.29 is 4.39 Å². The average molecular weight is 288 g/mol. The number of halogens is 1. The van der Waals surface area contributed by atoms with E-state index in [0.717, 1.165) is 22.4 Å². The molecule has 0 aromatic heterocycles. The van der Waals surface area contributed by atoms with Gasteiger partial charge in [-0.05, 0) is 73.9 Å². The van der Waals surface area contributed by atoms with Crippen LogP contribution in [0.15, 0.2) is 36.4 Å². The van der Waals surface area contributed by atoms with Gasteiger partial charge in [-0.25, -0.2) is 4.39 Å². The van der Waals surface area contributed by atoms with E-state index >= 15 is 0 Å². The molecule has 2 N–H and O–H groups in total. The van der Waals surface area contributed by atoms with Gasteiger partial charge in [0.15, 0.2) is 5.11 Å². The summed E-state index contributed by atoms with van der Waals surface area (Å²) in [4.78, 5) is 0. The Bertz CT molecular complexity index is 633. The van der Waals surface area contributed by atoms with Crippen molar-refractivity contribution in [2.24, 2.45) is 0 Å². The number of rotatable bonds is 2. The predicted molar refractivity (Wildman–Crippen MR) is 86.9 cm³/mol. The highest BCUT2D eigenvalue weighted by atomic mass is 32.1. The van der Waals surface area contributed by atoms with E-state index in [2.05, 4.69) is 16.7 Å². The fourth-order valence-electron chi connectivity index (χ4n) is 2.07. The van der Waals surface area contributed by atoms with Crippen LogP contribution in [0.1, 0.15) is 16.7 Å². The fourth-order valence-corrected chi connectivity index (χ4v) is 2.29. The molecule has 0 aliphatic rings. The monoisotopic (exact) mass is 288 g/mol. The van der Waals surface area contributed by atoms with Crippen molar-refractivity contribution in [3.63, 3.8) is 0 Å². The number of nitrogens with one attached hydrogen (secondary N) is 2. The van der Waals surface area contributed by atoms with E-state index < -0.39 is 0 Å². The molecule has 2 aromatic carbocycles. The molecule has 2 rings (SSSR count). The Morgan fingerprint density at radius 2 is 1.55 bits per heavy atom. The van der Waals surface area contributed by atoms with Gasteiger partial charge in [-0.3, -0.25) is 0 Å². The molecule has 2 nitrogen and oxygen atoms in total. The van der Waals surface area contributed by atoms with Crippen LogP contribution in [0.2, 0.25) is 0 Å². The Labute approximate surface area is 124 Å². The molecule has 0 unspecified atom stereocenters. The van der Waals surface area contributed by atoms with E-state index in [9.17, 15) is 4.39 Å². The summed E-state index contributed by atoms with van der Waals surface area (Å²) in [7, 11) is 0. The van der Waals surface area contributed by atoms with Gasteiger partial charge in [0.05, 0.1) is 5.69 Å². The van der Waals surface area contributed by atoms with Crippen LogP contribution >= 0.6 is 12.2 Å².